The van der Waals surface area contributed by atoms with Crippen LogP contribution < -0.4 is 0 Å². The molecule has 0 saturated heterocycles. The highest BCUT2D eigenvalue weighted by atomic mass is 15.0. The molecule has 7 rings (SSSR count). The minimum Gasteiger partial charge on any atom is -0.309 e. The van der Waals surface area contributed by atoms with E-state index in [1.807, 2.05) is 0 Å². The maximum Gasteiger partial charge on any atom is 0.0541 e. The van der Waals surface area contributed by atoms with Gasteiger partial charge in [0.25, 0.3) is 0 Å². The molecule has 5 aromatic carbocycles. The number of nitrogens with zero attached hydrogens (tertiary/aromatic N) is 1. The molecule has 0 bridgehead atoms. The Bertz CT molecular complexity index is 1760. The van der Waals surface area contributed by atoms with Crippen LogP contribution in [0.2, 0.25) is 0 Å². The molecule has 0 aliphatic heterocycles. The van der Waals surface area contributed by atoms with Crippen molar-refractivity contribution >= 4 is 21.8 Å². The third kappa shape index (κ3) is 2.88. The number of aromatic nitrogens is 1. The van der Waals surface area contributed by atoms with Gasteiger partial charge < -0.3 is 4.57 Å². The topological polar surface area (TPSA) is 4.93 Å². The van der Waals surface area contributed by atoms with Crippen LogP contribution >= 0.6 is 0 Å². The first kappa shape index (κ1) is 20.3. The lowest BCUT2D eigenvalue weighted by Crippen LogP contribution is -2.15. The molecule has 0 radical (unpaired) electrons. The standard InChI is InChI=1S/C34H27N/c1-22-12-14-23(15-13-22)24-16-19-33-29(20-24)28-9-5-7-11-32(28)35(33)25-17-18-27-26-8-4-6-10-30(26)34(2,3)31(27)21-25/h4-21H,1-3H3. The van der Waals surface area contributed by atoms with Crippen LogP contribution in [-0.2, 0) is 5.41 Å². The van der Waals surface area contributed by atoms with Crippen molar-refractivity contribution in [3.63, 3.8) is 0 Å². The van der Waals surface area contributed by atoms with Crippen molar-refractivity contribution < 1.29 is 0 Å². The van der Waals surface area contributed by atoms with Gasteiger partial charge in [0.2, 0.25) is 0 Å². The summed E-state index contributed by atoms with van der Waals surface area (Å²) in [4.78, 5) is 0. The van der Waals surface area contributed by atoms with Crippen LogP contribution in [0.5, 0.6) is 0 Å². The molecule has 35 heavy (non-hydrogen) atoms. The number of hydrogen-bond donors (Lipinski definition) is 0. The van der Waals surface area contributed by atoms with Crippen molar-refractivity contribution in [2.24, 2.45) is 0 Å². The Hall–Kier alpha value is -4.10. The Morgan fingerprint density at radius 3 is 2.09 bits per heavy atom. The fourth-order valence-corrected chi connectivity index (χ4v) is 6.01. The molecule has 0 saturated carbocycles. The monoisotopic (exact) mass is 449 g/mol. The van der Waals surface area contributed by atoms with Crippen molar-refractivity contribution in [1.82, 2.24) is 4.57 Å². The summed E-state index contributed by atoms with van der Waals surface area (Å²) in [7, 11) is 0. The molecule has 1 heteroatoms. The van der Waals surface area contributed by atoms with Gasteiger partial charge in [-0.25, -0.2) is 0 Å². The van der Waals surface area contributed by atoms with Crippen LogP contribution in [0.4, 0.5) is 0 Å². The molecule has 168 valence electrons. The number of rotatable bonds is 2. The number of benzene rings is 5. The SMILES string of the molecule is Cc1ccc(-c2ccc3c(c2)c2ccccc2n3-c2ccc3c(c2)C(C)(C)c2ccccc2-3)cc1. The smallest absolute Gasteiger partial charge is 0.0541 e. The van der Waals surface area contributed by atoms with Gasteiger partial charge in [0.15, 0.2) is 0 Å². The second kappa shape index (κ2) is 7.20. The van der Waals surface area contributed by atoms with Crippen molar-refractivity contribution in [3.8, 4) is 27.9 Å². The minimum atomic E-state index is -0.0146. The summed E-state index contributed by atoms with van der Waals surface area (Å²) >= 11 is 0. The Kier molecular flexibility index (Phi) is 4.17. The minimum absolute atomic E-state index is 0.0146. The fourth-order valence-electron chi connectivity index (χ4n) is 6.01. The molecule has 1 aliphatic rings. The summed E-state index contributed by atoms with van der Waals surface area (Å²) in [6.45, 7) is 6.83. The van der Waals surface area contributed by atoms with Gasteiger partial charge in [-0.05, 0) is 70.6 Å². The Labute approximate surface area is 206 Å². The Balaban J connectivity index is 1.47. The molecule has 1 aliphatic carbocycles. The highest BCUT2D eigenvalue weighted by Crippen LogP contribution is 2.49. The van der Waals surface area contributed by atoms with Crippen LogP contribution in [0.25, 0.3) is 49.7 Å². The van der Waals surface area contributed by atoms with Gasteiger partial charge in [0.1, 0.15) is 0 Å². The summed E-state index contributed by atoms with van der Waals surface area (Å²) in [5.41, 5.74) is 13.0. The quantitative estimate of drug-likeness (QED) is 0.248. The molecule has 1 heterocycles. The second-order valence-corrected chi connectivity index (χ2v) is 10.4. The van der Waals surface area contributed by atoms with Crippen molar-refractivity contribution in [2.45, 2.75) is 26.2 Å². The van der Waals surface area contributed by atoms with Crippen LogP contribution in [0.15, 0.2) is 109 Å². The first-order valence-electron chi connectivity index (χ1n) is 12.4. The normalized spacial score (nSPS) is 13.8. The number of para-hydroxylation sites is 1. The molecular formula is C34H27N. The van der Waals surface area contributed by atoms with Crippen molar-refractivity contribution in [3.05, 3.63) is 126 Å². The van der Waals surface area contributed by atoms with Gasteiger partial charge in [0, 0.05) is 21.9 Å². The predicted octanol–water partition coefficient (Wildman–Crippen LogP) is 9.07. The Morgan fingerprint density at radius 2 is 1.23 bits per heavy atom. The van der Waals surface area contributed by atoms with Gasteiger partial charge in [-0.3, -0.25) is 0 Å². The zero-order valence-electron chi connectivity index (χ0n) is 20.3. The van der Waals surface area contributed by atoms with E-state index in [4.69, 9.17) is 0 Å². The Morgan fingerprint density at radius 1 is 0.543 bits per heavy atom. The fraction of sp³-hybridized carbons (Fsp3) is 0.118. The van der Waals surface area contributed by atoms with E-state index in [1.54, 1.807) is 0 Å². The third-order valence-electron chi connectivity index (χ3n) is 7.88. The number of aryl methyl sites for hydroxylation is 1. The van der Waals surface area contributed by atoms with Crippen LogP contribution in [0.1, 0.15) is 30.5 Å². The number of hydrogen-bond acceptors (Lipinski definition) is 0. The van der Waals surface area contributed by atoms with Gasteiger partial charge in [-0.15, -0.1) is 0 Å². The van der Waals surface area contributed by atoms with Crippen LogP contribution in [0.3, 0.4) is 0 Å². The summed E-state index contributed by atoms with van der Waals surface area (Å²) in [6.07, 6.45) is 0. The van der Waals surface area contributed by atoms with Crippen molar-refractivity contribution in [1.29, 1.82) is 0 Å². The predicted molar refractivity (Wildman–Crippen MR) is 149 cm³/mol. The van der Waals surface area contributed by atoms with Gasteiger partial charge >= 0.3 is 0 Å². The van der Waals surface area contributed by atoms with Gasteiger partial charge in [0.05, 0.1) is 11.0 Å². The largest absolute Gasteiger partial charge is 0.309 e. The van der Waals surface area contributed by atoms with E-state index >= 15 is 0 Å². The van der Waals surface area contributed by atoms with E-state index in [0.29, 0.717) is 0 Å². The second-order valence-electron chi connectivity index (χ2n) is 10.4. The first-order chi connectivity index (χ1) is 17.0. The summed E-state index contributed by atoms with van der Waals surface area (Å²) < 4.78 is 2.43. The van der Waals surface area contributed by atoms with E-state index < -0.39 is 0 Å². The van der Waals surface area contributed by atoms with Crippen molar-refractivity contribution in [2.75, 3.05) is 0 Å². The van der Waals surface area contributed by atoms with E-state index in [9.17, 15) is 0 Å². The molecule has 0 atom stereocenters. The highest BCUT2D eigenvalue weighted by Gasteiger charge is 2.35. The lowest BCUT2D eigenvalue weighted by Gasteiger charge is -2.22. The summed E-state index contributed by atoms with van der Waals surface area (Å²) in [6, 6.07) is 40.4. The van der Waals surface area contributed by atoms with E-state index in [2.05, 4.69) is 135 Å². The van der Waals surface area contributed by atoms with Gasteiger partial charge in [-0.1, -0.05) is 98.3 Å². The lowest BCUT2D eigenvalue weighted by atomic mass is 9.82. The third-order valence-corrected chi connectivity index (χ3v) is 7.88. The molecule has 0 amide bonds. The zero-order chi connectivity index (χ0) is 23.7. The molecule has 1 aromatic heterocycles. The maximum absolute atomic E-state index is 2.43. The average Bonchev–Trinajstić information content (AvgIpc) is 3.33. The van der Waals surface area contributed by atoms with E-state index in [0.717, 1.165) is 0 Å². The molecule has 6 aromatic rings. The number of fused-ring (bicyclic) bond motifs is 6. The van der Waals surface area contributed by atoms with Crippen LogP contribution in [-0.4, -0.2) is 4.57 Å². The first-order valence-corrected chi connectivity index (χ1v) is 12.4. The maximum atomic E-state index is 2.43. The summed E-state index contributed by atoms with van der Waals surface area (Å²) in [5, 5.41) is 2.58. The van der Waals surface area contributed by atoms with Gasteiger partial charge in [-0.2, -0.15) is 0 Å². The average molecular weight is 450 g/mol. The van der Waals surface area contributed by atoms with E-state index in [-0.39, 0.29) is 5.41 Å². The highest BCUT2D eigenvalue weighted by molar-refractivity contribution is 6.10. The zero-order valence-corrected chi connectivity index (χ0v) is 20.3. The molecule has 0 fully saturated rings. The molecular weight excluding hydrogens is 422 g/mol. The van der Waals surface area contributed by atoms with E-state index in [1.165, 1.54) is 66.4 Å². The summed E-state index contributed by atoms with van der Waals surface area (Å²) in [5.74, 6) is 0. The molecule has 1 nitrogen and oxygen atoms in total. The lowest BCUT2D eigenvalue weighted by molar-refractivity contribution is 0.660. The molecule has 0 unspecified atom stereocenters. The van der Waals surface area contributed by atoms with Crippen LogP contribution in [0, 0.1) is 6.92 Å². The molecule has 0 N–H and O–H groups in total. The molecule has 0 spiro atoms.